The Morgan fingerprint density at radius 2 is 1.96 bits per heavy atom. The standard InChI is InChI=1S/C17H22N2O5.C2H6/c1-19(22-2)17(21)14-8-5-6-10-23-11-12-24-15-9-4-3-7-13(15)16(20)18-14;1-2/h3-7,9,14H,8,10-12H2,1-2H3,(H,18,20);1-2H3/b6-5-;. The number of hydrogen-bond donors (Lipinski definition) is 1. The highest BCUT2D eigenvalue weighted by atomic mass is 16.7. The number of hydroxylamine groups is 2. The molecule has 0 saturated carbocycles. The number of nitrogens with one attached hydrogen (secondary N) is 1. The second-order valence-corrected chi connectivity index (χ2v) is 5.17. The van der Waals surface area contributed by atoms with Gasteiger partial charge in [-0.05, 0) is 18.6 Å². The molecule has 7 nitrogen and oxygen atoms in total. The molecule has 26 heavy (non-hydrogen) atoms. The summed E-state index contributed by atoms with van der Waals surface area (Å²) in [5.74, 6) is -0.260. The molecular weight excluding hydrogens is 336 g/mol. The molecule has 0 spiro atoms. The van der Waals surface area contributed by atoms with Gasteiger partial charge in [-0.1, -0.05) is 38.1 Å². The molecule has 2 amide bonds. The topological polar surface area (TPSA) is 77.1 Å². The summed E-state index contributed by atoms with van der Waals surface area (Å²) < 4.78 is 11.0. The summed E-state index contributed by atoms with van der Waals surface area (Å²) in [5.41, 5.74) is 0.374. The van der Waals surface area contributed by atoms with Crippen LogP contribution < -0.4 is 10.1 Å². The molecule has 1 N–H and O–H groups in total. The number of hydrogen-bond acceptors (Lipinski definition) is 5. The van der Waals surface area contributed by atoms with E-state index in [-0.39, 0.29) is 11.8 Å². The van der Waals surface area contributed by atoms with E-state index in [1.807, 2.05) is 19.9 Å². The van der Waals surface area contributed by atoms with Gasteiger partial charge in [-0.25, -0.2) is 5.06 Å². The Labute approximate surface area is 154 Å². The molecule has 0 radical (unpaired) electrons. The van der Waals surface area contributed by atoms with Crippen molar-refractivity contribution in [3.63, 3.8) is 0 Å². The van der Waals surface area contributed by atoms with Crippen molar-refractivity contribution in [3.05, 3.63) is 42.0 Å². The second kappa shape index (κ2) is 12.1. The molecule has 0 aliphatic carbocycles. The van der Waals surface area contributed by atoms with Crippen molar-refractivity contribution in [1.29, 1.82) is 0 Å². The Morgan fingerprint density at radius 1 is 1.23 bits per heavy atom. The van der Waals surface area contributed by atoms with Gasteiger partial charge in [0.25, 0.3) is 11.8 Å². The van der Waals surface area contributed by atoms with Crippen molar-refractivity contribution in [2.24, 2.45) is 0 Å². The minimum atomic E-state index is -0.743. The highest BCUT2D eigenvalue weighted by Crippen LogP contribution is 2.18. The molecule has 1 heterocycles. The van der Waals surface area contributed by atoms with E-state index < -0.39 is 6.04 Å². The van der Waals surface area contributed by atoms with Crippen molar-refractivity contribution < 1.29 is 23.9 Å². The summed E-state index contributed by atoms with van der Waals surface area (Å²) in [6, 6.07) is 6.16. The zero-order chi connectivity index (χ0) is 19.4. The molecule has 1 aromatic rings. The van der Waals surface area contributed by atoms with Crippen LogP contribution in [0.4, 0.5) is 0 Å². The average Bonchev–Trinajstić information content (AvgIpc) is 2.70. The van der Waals surface area contributed by atoms with Gasteiger partial charge in [0.15, 0.2) is 0 Å². The molecule has 144 valence electrons. The van der Waals surface area contributed by atoms with E-state index in [4.69, 9.17) is 14.3 Å². The lowest BCUT2D eigenvalue weighted by Gasteiger charge is -2.22. The molecule has 0 fully saturated rings. The van der Waals surface area contributed by atoms with Crippen molar-refractivity contribution >= 4 is 11.8 Å². The first kappa shape index (κ1) is 21.7. The highest BCUT2D eigenvalue weighted by molar-refractivity contribution is 5.99. The quantitative estimate of drug-likeness (QED) is 0.643. The van der Waals surface area contributed by atoms with Crippen LogP contribution in [-0.4, -0.2) is 56.9 Å². The van der Waals surface area contributed by atoms with Crippen molar-refractivity contribution in [3.8, 4) is 5.75 Å². The maximum absolute atomic E-state index is 12.6. The lowest BCUT2D eigenvalue weighted by molar-refractivity contribution is -0.170. The van der Waals surface area contributed by atoms with Gasteiger partial charge in [0, 0.05) is 7.05 Å². The average molecular weight is 364 g/mol. The van der Waals surface area contributed by atoms with Gasteiger partial charge in [-0.2, -0.15) is 0 Å². The predicted octanol–water partition coefficient (Wildman–Crippen LogP) is 2.19. The molecular formula is C19H28N2O5. The number of carbonyl (C=O) groups excluding carboxylic acids is 2. The molecule has 0 bridgehead atoms. The first-order chi connectivity index (χ1) is 12.6. The van der Waals surface area contributed by atoms with E-state index in [9.17, 15) is 9.59 Å². The second-order valence-electron chi connectivity index (χ2n) is 5.17. The first-order valence-electron chi connectivity index (χ1n) is 8.70. The highest BCUT2D eigenvalue weighted by Gasteiger charge is 2.25. The molecule has 1 aliphatic heterocycles. The SMILES string of the molecule is CC.CON(C)C(=O)C1C/C=C\COCCOc2ccccc2C(=O)N1. The molecule has 1 aliphatic rings. The number of carbonyl (C=O) groups is 2. The van der Waals surface area contributed by atoms with Crippen LogP contribution in [0.1, 0.15) is 30.6 Å². The first-order valence-corrected chi connectivity index (χ1v) is 8.70. The monoisotopic (exact) mass is 364 g/mol. The number of amides is 2. The van der Waals surface area contributed by atoms with Crippen molar-refractivity contribution in [2.45, 2.75) is 26.3 Å². The number of fused-ring (bicyclic) bond motifs is 1. The van der Waals surface area contributed by atoms with Crippen molar-refractivity contribution in [1.82, 2.24) is 10.4 Å². The smallest absolute Gasteiger partial charge is 0.268 e. The van der Waals surface area contributed by atoms with Gasteiger partial charge in [0.2, 0.25) is 0 Å². The number of benzene rings is 1. The lowest BCUT2D eigenvalue weighted by Crippen LogP contribution is -2.46. The third kappa shape index (κ3) is 6.50. The summed E-state index contributed by atoms with van der Waals surface area (Å²) in [6.45, 7) is 5.17. The van der Waals surface area contributed by atoms with E-state index >= 15 is 0 Å². The van der Waals surface area contributed by atoms with Crippen LogP contribution in [0.5, 0.6) is 5.75 Å². The Morgan fingerprint density at radius 3 is 2.69 bits per heavy atom. The lowest BCUT2D eigenvalue weighted by atomic mass is 10.1. The zero-order valence-corrected chi connectivity index (χ0v) is 15.9. The zero-order valence-electron chi connectivity index (χ0n) is 15.9. The summed E-state index contributed by atoms with van der Waals surface area (Å²) >= 11 is 0. The van der Waals surface area contributed by atoms with E-state index in [1.165, 1.54) is 14.2 Å². The van der Waals surface area contributed by atoms with Crippen LogP contribution in [0.25, 0.3) is 0 Å². The fraction of sp³-hybridized carbons (Fsp3) is 0.474. The van der Waals surface area contributed by atoms with E-state index in [0.29, 0.717) is 37.6 Å². The normalized spacial score (nSPS) is 18.9. The molecule has 1 atom stereocenters. The van der Waals surface area contributed by atoms with Crippen LogP contribution in [0.2, 0.25) is 0 Å². The summed E-state index contributed by atoms with van der Waals surface area (Å²) in [6.07, 6.45) is 3.95. The Bertz CT molecular complexity index is 603. The fourth-order valence-corrected chi connectivity index (χ4v) is 2.21. The number of ether oxygens (including phenoxy) is 2. The van der Waals surface area contributed by atoms with Gasteiger partial charge in [-0.15, -0.1) is 0 Å². The third-order valence-corrected chi connectivity index (χ3v) is 3.56. The van der Waals surface area contributed by atoms with Crippen LogP contribution in [0.15, 0.2) is 36.4 Å². The minimum Gasteiger partial charge on any atom is -0.490 e. The van der Waals surface area contributed by atoms with E-state index in [0.717, 1.165) is 5.06 Å². The van der Waals surface area contributed by atoms with E-state index in [2.05, 4.69) is 5.32 Å². The molecule has 1 aromatic carbocycles. The van der Waals surface area contributed by atoms with Gasteiger partial charge in [-0.3, -0.25) is 14.4 Å². The van der Waals surface area contributed by atoms with Crippen LogP contribution in [0, 0.1) is 0 Å². The number of para-hydroxylation sites is 1. The largest absolute Gasteiger partial charge is 0.490 e. The number of likely N-dealkylation sites (N-methyl/N-ethyl adjacent to an activating group) is 1. The molecule has 2 rings (SSSR count). The Kier molecular flexibility index (Phi) is 10.0. The van der Waals surface area contributed by atoms with Gasteiger partial charge in [0.1, 0.15) is 18.4 Å². The molecule has 7 heteroatoms. The Balaban J connectivity index is 0.00000163. The van der Waals surface area contributed by atoms with Crippen LogP contribution in [0.3, 0.4) is 0 Å². The molecule has 0 aromatic heterocycles. The predicted molar refractivity (Wildman–Crippen MR) is 98.9 cm³/mol. The number of rotatable bonds is 2. The number of nitrogens with zero attached hydrogens (tertiary/aromatic N) is 1. The van der Waals surface area contributed by atoms with Gasteiger partial charge >= 0.3 is 0 Å². The van der Waals surface area contributed by atoms with E-state index in [1.54, 1.807) is 30.3 Å². The third-order valence-electron chi connectivity index (χ3n) is 3.56. The molecule has 0 saturated heterocycles. The Hall–Kier alpha value is -2.38. The van der Waals surface area contributed by atoms with Gasteiger partial charge in [0.05, 0.1) is 25.9 Å². The van der Waals surface area contributed by atoms with Crippen LogP contribution in [-0.2, 0) is 14.4 Å². The minimum absolute atomic E-state index is 0.338. The maximum atomic E-state index is 12.6. The summed E-state index contributed by atoms with van der Waals surface area (Å²) in [5, 5.41) is 3.84. The fourth-order valence-electron chi connectivity index (χ4n) is 2.21. The summed E-state index contributed by atoms with van der Waals surface area (Å²) in [7, 11) is 2.89. The summed E-state index contributed by atoms with van der Waals surface area (Å²) in [4.78, 5) is 29.9. The van der Waals surface area contributed by atoms with Crippen LogP contribution >= 0.6 is 0 Å². The van der Waals surface area contributed by atoms with Gasteiger partial charge < -0.3 is 14.8 Å². The maximum Gasteiger partial charge on any atom is 0.268 e. The van der Waals surface area contributed by atoms with Crippen molar-refractivity contribution in [2.75, 3.05) is 34.0 Å². The molecule has 1 unspecified atom stereocenters.